The van der Waals surface area contributed by atoms with E-state index < -0.39 is 0 Å². The second-order valence-corrected chi connectivity index (χ2v) is 3.47. The molecular weight excluding hydrogens is 193 g/mol. The summed E-state index contributed by atoms with van der Waals surface area (Å²) in [6.45, 7) is 0. The number of halogens is 1. The van der Waals surface area contributed by atoms with E-state index in [9.17, 15) is 4.39 Å². The standard InChI is InChI=1S/C11H12FN3/c1-15-7-6-14-11(15)10(13)8-4-2-3-5-9(8)12/h2-7,10H,13H2,1H3/p+1/t10-/m1/s1. The van der Waals surface area contributed by atoms with Crippen molar-refractivity contribution in [2.75, 3.05) is 0 Å². The molecule has 0 aliphatic heterocycles. The molecule has 1 aromatic heterocycles. The van der Waals surface area contributed by atoms with Crippen LogP contribution in [-0.4, -0.2) is 9.55 Å². The van der Waals surface area contributed by atoms with Gasteiger partial charge in [-0.25, -0.2) is 9.37 Å². The van der Waals surface area contributed by atoms with Crippen molar-refractivity contribution in [3.63, 3.8) is 0 Å². The minimum Gasteiger partial charge on any atom is -0.345 e. The maximum atomic E-state index is 13.5. The molecule has 0 saturated carbocycles. The number of aryl methyl sites for hydroxylation is 1. The van der Waals surface area contributed by atoms with Crippen molar-refractivity contribution in [3.05, 3.63) is 53.9 Å². The molecule has 0 aliphatic rings. The van der Waals surface area contributed by atoms with Crippen molar-refractivity contribution in [2.45, 2.75) is 6.04 Å². The van der Waals surface area contributed by atoms with E-state index in [0.29, 0.717) is 5.56 Å². The Kier molecular flexibility index (Phi) is 2.51. The van der Waals surface area contributed by atoms with Crippen LogP contribution < -0.4 is 5.73 Å². The smallest absolute Gasteiger partial charge is 0.172 e. The van der Waals surface area contributed by atoms with Crippen molar-refractivity contribution in [3.8, 4) is 0 Å². The number of quaternary nitrogens is 1. The first-order valence-corrected chi connectivity index (χ1v) is 4.75. The molecule has 0 aliphatic carbocycles. The van der Waals surface area contributed by atoms with Gasteiger partial charge in [0.1, 0.15) is 5.82 Å². The van der Waals surface area contributed by atoms with E-state index in [1.165, 1.54) is 6.07 Å². The molecule has 0 spiro atoms. The zero-order valence-corrected chi connectivity index (χ0v) is 8.52. The number of aromatic nitrogens is 2. The number of imidazole rings is 1. The lowest BCUT2D eigenvalue weighted by Crippen LogP contribution is -2.55. The summed E-state index contributed by atoms with van der Waals surface area (Å²) in [5, 5.41) is 0. The molecule has 1 aromatic carbocycles. The van der Waals surface area contributed by atoms with Crippen LogP contribution in [0.15, 0.2) is 36.7 Å². The van der Waals surface area contributed by atoms with Crippen LogP contribution >= 0.6 is 0 Å². The van der Waals surface area contributed by atoms with E-state index in [1.54, 1.807) is 24.4 Å². The van der Waals surface area contributed by atoms with Crippen molar-refractivity contribution in [2.24, 2.45) is 7.05 Å². The normalized spacial score (nSPS) is 12.7. The Morgan fingerprint density at radius 1 is 1.40 bits per heavy atom. The average Bonchev–Trinajstić information content (AvgIpc) is 2.64. The third kappa shape index (κ3) is 1.76. The van der Waals surface area contributed by atoms with E-state index in [-0.39, 0.29) is 11.9 Å². The summed E-state index contributed by atoms with van der Waals surface area (Å²) in [6, 6.07) is 6.38. The van der Waals surface area contributed by atoms with Crippen LogP contribution in [-0.2, 0) is 7.05 Å². The van der Waals surface area contributed by atoms with Gasteiger partial charge in [0, 0.05) is 19.4 Å². The molecule has 0 saturated heterocycles. The lowest BCUT2D eigenvalue weighted by Gasteiger charge is -2.09. The highest BCUT2D eigenvalue weighted by molar-refractivity contribution is 5.24. The summed E-state index contributed by atoms with van der Waals surface area (Å²) in [7, 11) is 1.88. The van der Waals surface area contributed by atoms with Gasteiger partial charge in [-0.3, -0.25) is 0 Å². The molecule has 0 bridgehead atoms. The Hall–Kier alpha value is -1.68. The molecule has 0 fully saturated rings. The minimum absolute atomic E-state index is 0.236. The summed E-state index contributed by atoms with van der Waals surface area (Å²) in [5.74, 6) is 0.528. The first kappa shape index (κ1) is 9.86. The van der Waals surface area contributed by atoms with Gasteiger partial charge in [0.2, 0.25) is 0 Å². The highest BCUT2D eigenvalue weighted by atomic mass is 19.1. The first-order chi connectivity index (χ1) is 7.20. The molecular formula is C11H13FN3+. The molecule has 3 N–H and O–H groups in total. The Morgan fingerprint density at radius 2 is 2.13 bits per heavy atom. The van der Waals surface area contributed by atoms with Crippen LogP contribution in [0.25, 0.3) is 0 Å². The van der Waals surface area contributed by atoms with Crippen LogP contribution in [0.1, 0.15) is 17.4 Å². The average molecular weight is 206 g/mol. The highest BCUT2D eigenvalue weighted by Gasteiger charge is 2.19. The van der Waals surface area contributed by atoms with Crippen molar-refractivity contribution >= 4 is 0 Å². The van der Waals surface area contributed by atoms with Crippen molar-refractivity contribution in [1.29, 1.82) is 0 Å². The number of nitrogens with zero attached hydrogens (tertiary/aromatic N) is 2. The van der Waals surface area contributed by atoms with Gasteiger partial charge in [-0.1, -0.05) is 12.1 Å². The highest BCUT2D eigenvalue weighted by Crippen LogP contribution is 2.18. The van der Waals surface area contributed by atoms with Gasteiger partial charge in [0.25, 0.3) is 0 Å². The van der Waals surface area contributed by atoms with E-state index in [4.69, 9.17) is 0 Å². The van der Waals surface area contributed by atoms with Crippen LogP contribution in [0.5, 0.6) is 0 Å². The molecule has 2 rings (SSSR count). The van der Waals surface area contributed by atoms with E-state index in [2.05, 4.69) is 10.7 Å². The van der Waals surface area contributed by atoms with Crippen molar-refractivity contribution < 1.29 is 10.1 Å². The fourth-order valence-corrected chi connectivity index (χ4v) is 1.61. The monoisotopic (exact) mass is 206 g/mol. The number of benzene rings is 1. The molecule has 15 heavy (non-hydrogen) atoms. The predicted octanol–water partition coefficient (Wildman–Crippen LogP) is 0.890. The second kappa shape index (κ2) is 3.82. The maximum absolute atomic E-state index is 13.5. The summed E-state index contributed by atoms with van der Waals surface area (Å²) < 4.78 is 15.3. The lowest BCUT2D eigenvalue weighted by molar-refractivity contribution is -0.414. The van der Waals surface area contributed by atoms with Crippen LogP contribution in [0.2, 0.25) is 0 Å². The van der Waals surface area contributed by atoms with Gasteiger partial charge in [-0.2, -0.15) is 0 Å². The summed E-state index contributed by atoms with van der Waals surface area (Å²) in [4.78, 5) is 4.17. The zero-order valence-electron chi connectivity index (χ0n) is 8.52. The first-order valence-electron chi connectivity index (χ1n) is 4.75. The molecule has 0 radical (unpaired) electrons. The summed E-state index contributed by atoms with van der Waals surface area (Å²) in [6.07, 6.45) is 3.52. The third-order valence-electron chi connectivity index (χ3n) is 2.45. The quantitative estimate of drug-likeness (QED) is 0.779. The van der Waals surface area contributed by atoms with Crippen LogP contribution in [0.3, 0.4) is 0 Å². The Labute approximate surface area is 87.4 Å². The fraction of sp³-hybridized carbons (Fsp3) is 0.182. The lowest BCUT2D eigenvalue weighted by atomic mass is 10.1. The fourth-order valence-electron chi connectivity index (χ4n) is 1.61. The Morgan fingerprint density at radius 3 is 2.73 bits per heavy atom. The van der Waals surface area contributed by atoms with Gasteiger partial charge in [0.05, 0.1) is 5.56 Å². The summed E-state index contributed by atoms with van der Waals surface area (Å²) in [5.41, 5.74) is 4.52. The topological polar surface area (TPSA) is 45.5 Å². The predicted molar refractivity (Wildman–Crippen MR) is 54.3 cm³/mol. The largest absolute Gasteiger partial charge is 0.345 e. The van der Waals surface area contributed by atoms with Gasteiger partial charge in [-0.15, -0.1) is 0 Å². The van der Waals surface area contributed by atoms with Gasteiger partial charge >= 0.3 is 0 Å². The Bertz CT molecular complexity index is 464. The molecule has 0 unspecified atom stereocenters. The Balaban J connectivity index is 2.41. The van der Waals surface area contributed by atoms with Gasteiger partial charge < -0.3 is 10.3 Å². The number of rotatable bonds is 2. The van der Waals surface area contributed by atoms with E-state index in [0.717, 1.165) is 5.82 Å². The molecule has 0 amide bonds. The second-order valence-electron chi connectivity index (χ2n) is 3.47. The molecule has 1 heterocycles. The van der Waals surface area contributed by atoms with Crippen LogP contribution in [0, 0.1) is 5.82 Å². The van der Waals surface area contributed by atoms with Gasteiger partial charge in [0.15, 0.2) is 11.9 Å². The maximum Gasteiger partial charge on any atom is 0.172 e. The molecule has 78 valence electrons. The zero-order chi connectivity index (χ0) is 10.8. The SMILES string of the molecule is Cn1ccnc1[C@H]([NH3+])c1ccccc1F. The molecule has 1 atom stereocenters. The number of hydrogen-bond acceptors (Lipinski definition) is 1. The van der Waals surface area contributed by atoms with Crippen LogP contribution in [0.4, 0.5) is 4.39 Å². The summed E-state index contributed by atoms with van der Waals surface area (Å²) >= 11 is 0. The molecule has 3 nitrogen and oxygen atoms in total. The minimum atomic E-state index is -0.272. The molecule has 2 aromatic rings. The van der Waals surface area contributed by atoms with Crippen molar-refractivity contribution in [1.82, 2.24) is 9.55 Å². The third-order valence-corrected chi connectivity index (χ3v) is 2.45. The van der Waals surface area contributed by atoms with Gasteiger partial charge in [-0.05, 0) is 12.1 Å². The molecule has 4 heteroatoms. The van der Waals surface area contributed by atoms with E-state index >= 15 is 0 Å². The van der Waals surface area contributed by atoms with E-state index in [1.807, 2.05) is 17.8 Å². The number of hydrogen-bond donors (Lipinski definition) is 1.